The fraction of sp³-hybridized carbons (Fsp3) is 0.417. The van der Waals surface area contributed by atoms with Crippen molar-refractivity contribution in [1.29, 1.82) is 0 Å². The SMILES string of the molecule is CC(C)(C)C(=O)c1ccc(CN)c(Cl)c1.Cl. The fourth-order valence-electron chi connectivity index (χ4n) is 1.29. The number of Topliss-reactive ketones (excluding diaryl/α,β-unsaturated/α-hetero) is 1. The molecule has 90 valence electrons. The van der Waals surface area contributed by atoms with E-state index in [1.165, 1.54) is 0 Å². The summed E-state index contributed by atoms with van der Waals surface area (Å²) in [6, 6.07) is 5.28. The van der Waals surface area contributed by atoms with Crippen LogP contribution in [-0.4, -0.2) is 5.78 Å². The summed E-state index contributed by atoms with van der Waals surface area (Å²) in [7, 11) is 0. The predicted molar refractivity (Wildman–Crippen MR) is 70.4 cm³/mol. The number of carbonyl (C=O) groups excluding carboxylic acids is 1. The van der Waals surface area contributed by atoms with E-state index in [1.807, 2.05) is 20.8 Å². The summed E-state index contributed by atoms with van der Waals surface area (Å²) in [5, 5.41) is 0.563. The lowest BCUT2D eigenvalue weighted by Crippen LogP contribution is -2.20. The number of hydrogen-bond acceptors (Lipinski definition) is 2. The van der Waals surface area contributed by atoms with Gasteiger partial charge in [0.15, 0.2) is 5.78 Å². The van der Waals surface area contributed by atoms with E-state index in [0.717, 1.165) is 5.56 Å². The Labute approximate surface area is 108 Å². The van der Waals surface area contributed by atoms with Crippen LogP contribution < -0.4 is 5.73 Å². The molecule has 0 aliphatic rings. The molecule has 2 nitrogen and oxygen atoms in total. The molecule has 0 bridgehead atoms. The molecule has 2 N–H and O–H groups in total. The van der Waals surface area contributed by atoms with Crippen LogP contribution in [0, 0.1) is 5.41 Å². The molecular formula is C12H17Cl2NO. The number of hydrogen-bond donors (Lipinski definition) is 1. The van der Waals surface area contributed by atoms with E-state index < -0.39 is 0 Å². The zero-order chi connectivity index (χ0) is 11.6. The van der Waals surface area contributed by atoms with E-state index in [0.29, 0.717) is 17.1 Å². The molecule has 0 fully saturated rings. The summed E-state index contributed by atoms with van der Waals surface area (Å²) >= 11 is 5.99. The number of carbonyl (C=O) groups is 1. The first-order chi connectivity index (χ1) is 6.86. The summed E-state index contributed by atoms with van der Waals surface area (Å²) in [4.78, 5) is 11.9. The fourth-order valence-corrected chi connectivity index (χ4v) is 1.54. The van der Waals surface area contributed by atoms with Crippen molar-refractivity contribution >= 4 is 29.8 Å². The second-order valence-corrected chi connectivity index (χ2v) is 5.00. The molecule has 1 rings (SSSR count). The van der Waals surface area contributed by atoms with Gasteiger partial charge in [0.25, 0.3) is 0 Å². The van der Waals surface area contributed by atoms with Gasteiger partial charge in [-0.05, 0) is 11.6 Å². The standard InChI is InChI=1S/C12H16ClNO.ClH/c1-12(2,3)11(15)8-4-5-9(7-14)10(13)6-8;/h4-6H,7,14H2,1-3H3;1H. The zero-order valence-corrected chi connectivity index (χ0v) is 11.3. The molecule has 1 aromatic rings. The minimum absolute atomic E-state index is 0. The van der Waals surface area contributed by atoms with Gasteiger partial charge in [0.05, 0.1) is 0 Å². The molecule has 0 radical (unpaired) electrons. The van der Waals surface area contributed by atoms with E-state index in [2.05, 4.69) is 0 Å². The van der Waals surface area contributed by atoms with Crippen LogP contribution in [0.3, 0.4) is 0 Å². The minimum Gasteiger partial charge on any atom is -0.326 e. The van der Waals surface area contributed by atoms with Gasteiger partial charge in [-0.1, -0.05) is 44.5 Å². The first kappa shape index (κ1) is 15.4. The van der Waals surface area contributed by atoms with Gasteiger partial charge in [0.1, 0.15) is 0 Å². The number of halogens is 2. The maximum atomic E-state index is 11.9. The van der Waals surface area contributed by atoms with Crippen LogP contribution in [0.15, 0.2) is 18.2 Å². The van der Waals surface area contributed by atoms with Crippen molar-refractivity contribution in [2.75, 3.05) is 0 Å². The van der Waals surface area contributed by atoms with Gasteiger partial charge in [-0.15, -0.1) is 12.4 Å². The molecule has 0 spiro atoms. The third-order valence-electron chi connectivity index (χ3n) is 2.22. The van der Waals surface area contributed by atoms with E-state index in [1.54, 1.807) is 18.2 Å². The lowest BCUT2D eigenvalue weighted by molar-refractivity contribution is 0.0858. The van der Waals surface area contributed by atoms with E-state index in [-0.39, 0.29) is 23.6 Å². The van der Waals surface area contributed by atoms with Gasteiger partial charge < -0.3 is 5.73 Å². The maximum Gasteiger partial charge on any atom is 0.168 e. The number of nitrogens with two attached hydrogens (primary N) is 1. The molecular weight excluding hydrogens is 245 g/mol. The van der Waals surface area contributed by atoms with Gasteiger partial charge >= 0.3 is 0 Å². The first-order valence-electron chi connectivity index (χ1n) is 4.89. The van der Waals surface area contributed by atoms with Crippen molar-refractivity contribution in [3.8, 4) is 0 Å². The Morgan fingerprint density at radius 3 is 2.31 bits per heavy atom. The summed E-state index contributed by atoms with van der Waals surface area (Å²) in [6.45, 7) is 6.06. The van der Waals surface area contributed by atoms with E-state index in [9.17, 15) is 4.79 Å². The molecule has 0 aromatic heterocycles. The molecule has 0 aliphatic carbocycles. The average Bonchev–Trinajstić information content (AvgIpc) is 2.15. The van der Waals surface area contributed by atoms with Crippen molar-refractivity contribution in [3.05, 3.63) is 34.3 Å². The summed E-state index contributed by atoms with van der Waals surface area (Å²) in [5.74, 6) is 0.0907. The molecule has 0 heterocycles. The summed E-state index contributed by atoms with van der Waals surface area (Å²) in [6.07, 6.45) is 0. The van der Waals surface area contributed by atoms with Crippen molar-refractivity contribution in [2.45, 2.75) is 27.3 Å². The quantitative estimate of drug-likeness (QED) is 0.829. The summed E-state index contributed by atoms with van der Waals surface area (Å²) in [5.41, 5.74) is 6.62. The van der Waals surface area contributed by atoms with Crippen molar-refractivity contribution in [1.82, 2.24) is 0 Å². The Bertz CT molecular complexity index is 383. The van der Waals surface area contributed by atoms with Gasteiger partial charge in [0.2, 0.25) is 0 Å². The zero-order valence-electron chi connectivity index (χ0n) is 9.71. The van der Waals surface area contributed by atoms with Crippen LogP contribution in [-0.2, 0) is 6.54 Å². The summed E-state index contributed by atoms with van der Waals surface area (Å²) < 4.78 is 0. The Morgan fingerprint density at radius 2 is 1.94 bits per heavy atom. The second kappa shape index (κ2) is 5.67. The Balaban J connectivity index is 0.00000225. The molecule has 4 heteroatoms. The molecule has 0 saturated carbocycles. The highest BCUT2D eigenvalue weighted by Gasteiger charge is 2.23. The van der Waals surface area contributed by atoms with Crippen LogP contribution in [0.25, 0.3) is 0 Å². The monoisotopic (exact) mass is 261 g/mol. The van der Waals surface area contributed by atoms with Gasteiger partial charge in [0, 0.05) is 22.5 Å². The first-order valence-corrected chi connectivity index (χ1v) is 5.27. The highest BCUT2D eigenvalue weighted by Crippen LogP contribution is 2.24. The van der Waals surface area contributed by atoms with Crippen molar-refractivity contribution < 1.29 is 4.79 Å². The average molecular weight is 262 g/mol. The lowest BCUT2D eigenvalue weighted by Gasteiger charge is -2.17. The van der Waals surface area contributed by atoms with Gasteiger partial charge in [-0.2, -0.15) is 0 Å². The molecule has 0 amide bonds. The number of ketones is 1. The Morgan fingerprint density at radius 1 is 1.38 bits per heavy atom. The third-order valence-corrected chi connectivity index (χ3v) is 2.57. The van der Waals surface area contributed by atoms with Crippen molar-refractivity contribution in [3.63, 3.8) is 0 Å². The smallest absolute Gasteiger partial charge is 0.168 e. The molecule has 16 heavy (non-hydrogen) atoms. The van der Waals surface area contributed by atoms with Crippen LogP contribution >= 0.6 is 24.0 Å². The third kappa shape index (κ3) is 3.48. The number of benzene rings is 1. The second-order valence-electron chi connectivity index (χ2n) is 4.59. The van der Waals surface area contributed by atoms with Crippen LogP contribution in [0.5, 0.6) is 0 Å². The van der Waals surface area contributed by atoms with Crippen LogP contribution in [0.1, 0.15) is 36.7 Å². The lowest BCUT2D eigenvalue weighted by atomic mass is 9.86. The van der Waals surface area contributed by atoms with Crippen LogP contribution in [0.2, 0.25) is 5.02 Å². The Kier molecular flexibility index (Phi) is 5.47. The van der Waals surface area contributed by atoms with E-state index in [4.69, 9.17) is 17.3 Å². The highest BCUT2D eigenvalue weighted by molar-refractivity contribution is 6.31. The van der Waals surface area contributed by atoms with E-state index >= 15 is 0 Å². The number of rotatable bonds is 2. The molecule has 1 aromatic carbocycles. The Hall–Kier alpha value is -0.570. The molecule has 0 atom stereocenters. The van der Waals surface area contributed by atoms with Gasteiger partial charge in [-0.3, -0.25) is 4.79 Å². The minimum atomic E-state index is -0.381. The maximum absolute atomic E-state index is 11.9. The molecule has 0 saturated heterocycles. The topological polar surface area (TPSA) is 43.1 Å². The van der Waals surface area contributed by atoms with Gasteiger partial charge in [-0.25, -0.2) is 0 Å². The highest BCUT2D eigenvalue weighted by atomic mass is 35.5. The largest absolute Gasteiger partial charge is 0.326 e. The van der Waals surface area contributed by atoms with Crippen LogP contribution in [0.4, 0.5) is 0 Å². The normalized spacial score (nSPS) is 10.8. The van der Waals surface area contributed by atoms with Crippen molar-refractivity contribution in [2.24, 2.45) is 11.1 Å². The predicted octanol–water partition coefficient (Wildman–Crippen LogP) is 3.45. The molecule has 0 aliphatic heterocycles. The molecule has 0 unspecified atom stereocenters.